The maximum absolute atomic E-state index is 10.3. The number of carboxylic acid groups (broad SMARTS) is 1. The molecule has 0 aliphatic heterocycles. The summed E-state index contributed by atoms with van der Waals surface area (Å²) in [4.78, 5) is 18.1. The topological polar surface area (TPSA) is 113 Å². The summed E-state index contributed by atoms with van der Waals surface area (Å²) < 4.78 is 0. The van der Waals surface area contributed by atoms with Gasteiger partial charge in [0.2, 0.25) is 0 Å². The number of carbonyl (C=O) groups is 1. The van der Waals surface area contributed by atoms with Crippen molar-refractivity contribution in [2.24, 2.45) is 10.8 Å². The molecular formula is C9H13N5O2. The van der Waals surface area contributed by atoms with Gasteiger partial charge in [-0.2, -0.15) is 0 Å². The van der Waals surface area contributed by atoms with E-state index >= 15 is 0 Å². The molecule has 7 heteroatoms. The number of aliphatic carboxylic acids is 1. The molecule has 0 fully saturated rings. The van der Waals surface area contributed by atoms with Gasteiger partial charge in [0, 0.05) is 6.20 Å². The Hall–Kier alpha value is -2.15. The fourth-order valence-corrected chi connectivity index (χ4v) is 0.957. The average Bonchev–Trinajstić information content (AvgIpc) is 2.30. The molecule has 5 N–H and O–H groups in total. The van der Waals surface area contributed by atoms with Crippen molar-refractivity contribution in [1.82, 2.24) is 10.4 Å². The van der Waals surface area contributed by atoms with Crippen LogP contribution in [0.25, 0.3) is 0 Å². The number of pyridine rings is 1. The van der Waals surface area contributed by atoms with Gasteiger partial charge in [-0.1, -0.05) is 6.07 Å². The predicted molar refractivity (Wildman–Crippen MR) is 60.0 cm³/mol. The van der Waals surface area contributed by atoms with E-state index in [0.29, 0.717) is 18.2 Å². The molecule has 16 heavy (non-hydrogen) atoms. The second kappa shape index (κ2) is 6.36. The molecule has 1 heterocycles. The number of carboxylic acids is 1. The summed E-state index contributed by atoms with van der Waals surface area (Å²) in [6.45, 7) is -0.0236. The molecule has 0 spiro atoms. The van der Waals surface area contributed by atoms with Crippen LogP contribution < -0.4 is 16.6 Å². The van der Waals surface area contributed by atoms with Crippen molar-refractivity contribution in [1.29, 1.82) is 0 Å². The van der Waals surface area contributed by atoms with E-state index in [1.165, 1.54) is 0 Å². The summed E-state index contributed by atoms with van der Waals surface area (Å²) in [6.07, 6.45) is 1.65. The van der Waals surface area contributed by atoms with Gasteiger partial charge < -0.3 is 15.8 Å². The van der Waals surface area contributed by atoms with Crippen molar-refractivity contribution in [2.75, 3.05) is 18.4 Å². The van der Waals surface area contributed by atoms with E-state index in [9.17, 15) is 4.79 Å². The van der Waals surface area contributed by atoms with Gasteiger partial charge in [-0.15, -0.1) is 0 Å². The number of hydrazine groups is 1. The first-order valence-electron chi connectivity index (χ1n) is 4.59. The van der Waals surface area contributed by atoms with E-state index in [1.54, 1.807) is 18.3 Å². The SMILES string of the molecule is NNC(CNc1ccccn1)=NCC(=O)O. The van der Waals surface area contributed by atoms with E-state index in [-0.39, 0.29) is 6.54 Å². The number of aromatic nitrogens is 1. The third-order valence-corrected chi connectivity index (χ3v) is 1.67. The first-order chi connectivity index (χ1) is 7.72. The minimum absolute atomic E-state index is 0.292. The summed E-state index contributed by atoms with van der Waals surface area (Å²) in [5, 5.41) is 11.4. The summed E-state index contributed by atoms with van der Waals surface area (Å²) in [6, 6.07) is 5.41. The smallest absolute Gasteiger partial charge is 0.325 e. The van der Waals surface area contributed by atoms with Crippen molar-refractivity contribution in [3.63, 3.8) is 0 Å². The van der Waals surface area contributed by atoms with Gasteiger partial charge in [-0.05, 0) is 12.1 Å². The second-order valence-electron chi connectivity index (χ2n) is 2.87. The van der Waals surface area contributed by atoms with E-state index in [4.69, 9.17) is 10.9 Å². The molecule has 1 rings (SSSR count). The molecular weight excluding hydrogens is 210 g/mol. The molecule has 0 aliphatic rings. The number of nitrogens with one attached hydrogen (secondary N) is 2. The van der Waals surface area contributed by atoms with E-state index < -0.39 is 5.97 Å². The van der Waals surface area contributed by atoms with Gasteiger partial charge in [0.1, 0.15) is 18.2 Å². The zero-order chi connectivity index (χ0) is 11.8. The van der Waals surface area contributed by atoms with Crippen LogP contribution in [-0.4, -0.2) is 35.0 Å². The lowest BCUT2D eigenvalue weighted by molar-refractivity contribution is -0.135. The van der Waals surface area contributed by atoms with Crippen LogP contribution in [-0.2, 0) is 4.79 Å². The van der Waals surface area contributed by atoms with Crippen LogP contribution in [0.1, 0.15) is 0 Å². The van der Waals surface area contributed by atoms with Crippen molar-refractivity contribution in [2.45, 2.75) is 0 Å². The molecule has 0 aliphatic carbocycles. The van der Waals surface area contributed by atoms with Gasteiger partial charge in [0.05, 0.1) is 6.54 Å². The third kappa shape index (κ3) is 4.38. The van der Waals surface area contributed by atoms with Crippen LogP contribution in [0.2, 0.25) is 0 Å². The van der Waals surface area contributed by atoms with Crippen LogP contribution in [0.4, 0.5) is 5.82 Å². The zero-order valence-electron chi connectivity index (χ0n) is 8.55. The zero-order valence-corrected chi connectivity index (χ0v) is 8.55. The normalized spacial score (nSPS) is 10.9. The summed E-state index contributed by atoms with van der Waals surface area (Å²) in [5.74, 6) is 5.20. The molecule has 0 atom stereocenters. The standard InChI is InChI=1S/C9H13N5O2/c10-14-8(13-6-9(15)16)5-12-7-3-1-2-4-11-7/h1-4H,5-6,10H2,(H,11,12)(H,13,14)(H,15,16). The Morgan fingerprint density at radius 3 is 2.94 bits per heavy atom. The Morgan fingerprint density at radius 1 is 1.56 bits per heavy atom. The average molecular weight is 223 g/mol. The Morgan fingerprint density at radius 2 is 2.38 bits per heavy atom. The summed E-state index contributed by atoms with van der Waals surface area (Å²) in [7, 11) is 0. The minimum atomic E-state index is -1.01. The Bertz CT molecular complexity index is 365. The summed E-state index contributed by atoms with van der Waals surface area (Å²) in [5.41, 5.74) is 2.32. The van der Waals surface area contributed by atoms with E-state index in [0.717, 1.165) is 0 Å². The maximum atomic E-state index is 10.3. The van der Waals surface area contributed by atoms with Crippen LogP contribution in [0.5, 0.6) is 0 Å². The number of amidine groups is 1. The Labute approximate surface area is 92.4 Å². The highest BCUT2D eigenvalue weighted by atomic mass is 16.4. The number of nitrogens with zero attached hydrogens (tertiary/aromatic N) is 2. The molecule has 7 nitrogen and oxygen atoms in total. The number of hydrogen-bond acceptors (Lipinski definition) is 5. The van der Waals surface area contributed by atoms with E-state index in [1.807, 2.05) is 6.07 Å². The molecule has 0 amide bonds. The lowest BCUT2D eigenvalue weighted by atomic mass is 10.4. The highest BCUT2D eigenvalue weighted by Gasteiger charge is 1.99. The number of hydrogen-bond donors (Lipinski definition) is 4. The quantitative estimate of drug-likeness (QED) is 0.230. The van der Waals surface area contributed by atoms with Gasteiger partial charge in [0.25, 0.3) is 0 Å². The second-order valence-corrected chi connectivity index (χ2v) is 2.87. The number of anilines is 1. The predicted octanol–water partition coefficient (Wildman–Crippen LogP) is -0.560. The van der Waals surface area contributed by atoms with Crippen LogP contribution in [0.15, 0.2) is 29.4 Å². The molecule has 1 aromatic heterocycles. The largest absolute Gasteiger partial charge is 0.480 e. The first-order valence-corrected chi connectivity index (χ1v) is 4.59. The number of rotatable bonds is 5. The molecule has 0 bridgehead atoms. The molecule has 1 aromatic rings. The van der Waals surface area contributed by atoms with Crippen molar-refractivity contribution < 1.29 is 9.90 Å². The third-order valence-electron chi connectivity index (χ3n) is 1.67. The fourth-order valence-electron chi connectivity index (χ4n) is 0.957. The summed E-state index contributed by atoms with van der Waals surface area (Å²) >= 11 is 0. The minimum Gasteiger partial charge on any atom is -0.480 e. The highest BCUT2D eigenvalue weighted by molar-refractivity contribution is 5.87. The molecule has 0 unspecified atom stereocenters. The highest BCUT2D eigenvalue weighted by Crippen LogP contribution is 1.98. The number of nitrogens with two attached hydrogens (primary N) is 1. The Kier molecular flexibility index (Phi) is 4.74. The first kappa shape index (κ1) is 11.9. The van der Waals surface area contributed by atoms with Crippen LogP contribution in [0.3, 0.4) is 0 Å². The van der Waals surface area contributed by atoms with Gasteiger partial charge in [-0.25, -0.2) is 10.8 Å². The van der Waals surface area contributed by atoms with Gasteiger partial charge in [0.15, 0.2) is 0 Å². The molecule has 0 radical (unpaired) electrons. The lowest BCUT2D eigenvalue weighted by Crippen LogP contribution is -2.36. The monoisotopic (exact) mass is 223 g/mol. The molecule has 0 saturated carbocycles. The van der Waals surface area contributed by atoms with Crippen LogP contribution in [0, 0.1) is 0 Å². The molecule has 0 aromatic carbocycles. The van der Waals surface area contributed by atoms with Crippen molar-refractivity contribution in [3.8, 4) is 0 Å². The van der Waals surface area contributed by atoms with Crippen LogP contribution >= 0.6 is 0 Å². The molecule has 0 saturated heterocycles. The number of aliphatic imine (C=N–C) groups is 1. The fraction of sp³-hybridized carbons (Fsp3) is 0.222. The van der Waals surface area contributed by atoms with Crippen molar-refractivity contribution >= 4 is 17.6 Å². The Balaban J connectivity index is 2.46. The van der Waals surface area contributed by atoms with Crippen molar-refractivity contribution in [3.05, 3.63) is 24.4 Å². The molecule has 86 valence electrons. The lowest BCUT2D eigenvalue weighted by Gasteiger charge is -2.07. The van der Waals surface area contributed by atoms with E-state index in [2.05, 4.69) is 20.7 Å². The van der Waals surface area contributed by atoms with Gasteiger partial charge >= 0.3 is 5.97 Å². The maximum Gasteiger partial charge on any atom is 0.325 e. The van der Waals surface area contributed by atoms with Gasteiger partial charge in [-0.3, -0.25) is 9.79 Å².